The van der Waals surface area contributed by atoms with Crippen LogP contribution in [-0.2, 0) is 14.3 Å². The summed E-state index contributed by atoms with van der Waals surface area (Å²) in [5.74, 6) is 0.346. The zero-order valence-electron chi connectivity index (χ0n) is 30.4. The van der Waals surface area contributed by atoms with Gasteiger partial charge in [0.2, 0.25) is 5.91 Å². The van der Waals surface area contributed by atoms with E-state index < -0.39 is 6.10 Å². The Bertz CT molecular complexity index is 1120. The van der Waals surface area contributed by atoms with Crippen LogP contribution in [0.4, 0.5) is 0 Å². The first-order valence-electron chi connectivity index (χ1n) is 17.1. The van der Waals surface area contributed by atoms with Crippen LogP contribution in [0.1, 0.15) is 85.8 Å². The predicted molar refractivity (Wildman–Crippen MR) is 190 cm³/mol. The van der Waals surface area contributed by atoms with Gasteiger partial charge in [0.1, 0.15) is 6.04 Å². The molecule has 3 N–H and O–H groups in total. The van der Waals surface area contributed by atoms with Crippen LogP contribution in [0.2, 0.25) is 0 Å². The molecule has 1 aromatic rings. The molecule has 0 saturated carbocycles. The lowest BCUT2D eigenvalue weighted by Gasteiger charge is -2.42. The molecule has 1 heterocycles. The third-order valence-electron chi connectivity index (χ3n) is 9.90. The van der Waals surface area contributed by atoms with Crippen LogP contribution in [0.25, 0.3) is 0 Å². The van der Waals surface area contributed by atoms with E-state index in [9.17, 15) is 9.90 Å². The fourth-order valence-electron chi connectivity index (χ4n) is 6.94. The van der Waals surface area contributed by atoms with Gasteiger partial charge in [-0.1, -0.05) is 91.1 Å². The first-order chi connectivity index (χ1) is 21.7. The van der Waals surface area contributed by atoms with Gasteiger partial charge in [0.05, 0.1) is 36.4 Å². The number of likely N-dealkylation sites (tertiary alicyclic amines) is 1. The maximum Gasteiger partial charge on any atom is 0.245 e. The highest BCUT2D eigenvalue weighted by atomic mass is 16.5. The first-order valence-corrected chi connectivity index (χ1v) is 17.1. The molecular weight excluding hydrogens is 576 g/mol. The van der Waals surface area contributed by atoms with Gasteiger partial charge in [-0.15, -0.1) is 0 Å². The molecular formula is C38H64N4O4. The number of methoxy groups -OCH3 is 2. The Hall–Kier alpha value is -2.81. The van der Waals surface area contributed by atoms with E-state index in [2.05, 4.69) is 69.9 Å². The number of aliphatic hydroxyl groups is 1. The fourth-order valence-corrected chi connectivity index (χ4v) is 6.94. The number of nitrogens with zero attached hydrogens (tertiary/aromatic N) is 2. The highest BCUT2D eigenvalue weighted by Gasteiger charge is 2.40. The summed E-state index contributed by atoms with van der Waals surface area (Å²) >= 11 is 0. The van der Waals surface area contributed by atoms with Gasteiger partial charge in [-0.05, 0) is 44.1 Å². The molecule has 1 saturated heterocycles. The van der Waals surface area contributed by atoms with Gasteiger partial charge in [-0.25, -0.2) is 0 Å². The number of allylic oxidation sites excluding steroid dienone is 1. The Kier molecular flexibility index (Phi) is 15.8. The Morgan fingerprint density at radius 1 is 1.07 bits per heavy atom. The van der Waals surface area contributed by atoms with Crippen molar-refractivity contribution in [2.45, 2.75) is 117 Å². The Morgan fingerprint density at radius 2 is 1.70 bits per heavy atom. The van der Waals surface area contributed by atoms with Gasteiger partial charge in [0, 0.05) is 57.2 Å². The highest BCUT2D eigenvalue weighted by molar-refractivity contribution is 5.82. The number of ether oxygens (including phenoxy) is 2. The van der Waals surface area contributed by atoms with Crippen molar-refractivity contribution in [2.24, 2.45) is 17.8 Å². The molecule has 1 aliphatic rings. The fraction of sp³-hybridized carbons (Fsp3) is 0.658. The lowest BCUT2D eigenvalue weighted by molar-refractivity contribution is -0.140. The zero-order chi connectivity index (χ0) is 34.7. The van der Waals surface area contributed by atoms with Gasteiger partial charge >= 0.3 is 0 Å². The lowest BCUT2D eigenvalue weighted by Crippen LogP contribution is -2.56. The van der Waals surface area contributed by atoms with Crippen LogP contribution in [0.5, 0.6) is 0 Å². The van der Waals surface area contributed by atoms with Crippen molar-refractivity contribution in [2.75, 3.05) is 27.8 Å². The van der Waals surface area contributed by atoms with Crippen molar-refractivity contribution in [1.82, 2.24) is 20.4 Å². The molecule has 1 aromatic carbocycles. The van der Waals surface area contributed by atoms with Crippen LogP contribution in [0, 0.1) is 17.8 Å². The summed E-state index contributed by atoms with van der Waals surface area (Å²) in [4.78, 5) is 18.1. The summed E-state index contributed by atoms with van der Waals surface area (Å²) in [6.07, 6.45) is 2.51. The van der Waals surface area contributed by atoms with Crippen LogP contribution in [-0.4, -0.2) is 85.0 Å². The van der Waals surface area contributed by atoms with Crippen molar-refractivity contribution < 1.29 is 19.4 Å². The number of likely N-dealkylation sites (N-methyl/N-ethyl adjacent to an activating group) is 1. The molecule has 1 amide bonds. The summed E-state index contributed by atoms with van der Waals surface area (Å²) in [6.45, 7) is 28.2. The number of carbonyl (C=O) groups is 1. The molecule has 1 aliphatic heterocycles. The number of hydrogen-bond donors (Lipinski definition) is 3. The number of nitrogens with one attached hydrogen (secondary N) is 2. The molecule has 2 rings (SSSR count). The van der Waals surface area contributed by atoms with E-state index in [1.54, 1.807) is 14.2 Å². The topological polar surface area (TPSA) is 86.3 Å². The minimum absolute atomic E-state index is 0.0163. The van der Waals surface area contributed by atoms with Crippen molar-refractivity contribution >= 4 is 5.91 Å². The normalized spacial score (nSPS) is 20.2. The predicted octanol–water partition coefficient (Wildman–Crippen LogP) is 6.27. The third-order valence-corrected chi connectivity index (χ3v) is 9.90. The van der Waals surface area contributed by atoms with Crippen molar-refractivity contribution in [3.8, 4) is 0 Å². The number of aliphatic hydroxyl groups excluding tert-OH is 1. The van der Waals surface area contributed by atoms with E-state index in [1.807, 2.05) is 56.1 Å². The number of hydrogen-bond acceptors (Lipinski definition) is 7. The standard InChI is InChI=1S/C38H64N4O4/c1-14-26(6)35(41(11)38(44)34(24(2)3)39-25(4)5)33(45-12)23-27(7)42-22-18-21-32(42)37(46-13)28(8)29(9)40-30(10)36(43)31-19-16-15-17-20-31/h15-17,19-20,24,26,28,30,32-37,39-40,43H,4,7,9,14,18,21-23H2,1-3,5-6,8,10-13H3/t26?,28?,30?,32?,33?,34-,35?,36?,37?/m0/s1. The summed E-state index contributed by atoms with van der Waals surface area (Å²) < 4.78 is 12.3. The van der Waals surface area contributed by atoms with E-state index in [1.165, 1.54) is 0 Å². The molecule has 0 spiro atoms. The Labute approximate surface area is 280 Å². The number of benzene rings is 1. The molecule has 1 fully saturated rings. The molecule has 8 unspecified atom stereocenters. The maximum atomic E-state index is 13.8. The first kappa shape index (κ1) is 39.4. The van der Waals surface area contributed by atoms with E-state index in [0.717, 1.165) is 48.5 Å². The van der Waals surface area contributed by atoms with Gasteiger partial charge in [-0.2, -0.15) is 0 Å². The minimum atomic E-state index is -0.657. The largest absolute Gasteiger partial charge is 0.386 e. The monoisotopic (exact) mass is 640 g/mol. The van der Waals surface area contributed by atoms with Crippen molar-refractivity contribution in [3.05, 3.63) is 72.7 Å². The summed E-state index contributed by atoms with van der Waals surface area (Å²) in [5.41, 5.74) is 3.47. The molecule has 0 radical (unpaired) electrons. The lowest BCUT2D eigenvalue weighted by atomic mass is 9.88. The number of amides is 1. The van der Waals surface area contributed by atoms with E-state index in [0.29, 0.717) is 6.42 Å². The second kappa shape index (κ2) is 18.5. The van der Waals surface area contributed by atoms with Crippen LogP contribution < -0.4 is 10.6 Å². The quantitative estimate of drug-likeness (QED) is 0.155. The SMILES string of the molecule is C=C(C)N[C@H](C(=O)N(C)C(C(C)CC)C(CC(=C)N1CCCC1C(OC)C(C)C(=C)NC(C)C(O)c1ccccc1)OC)C(C)C. The third kappa shape index (κ3) is 10.1. The van der Waals surface area contributed by atoms with Gasteiger partial charge in [-0.3, -0.25) is 4.79 Å². The number of carbonyl (C=O) groups excluding carboxylic acids is 1. The summed E-state index contributed by atoms with van der Waals surface area (Å²) in [7, 11) is 5.40. The molecule has 46 heavy (non-hydrogen) atoms. The molecule has 0 aromatic heterocycles. The molecule has 0 aliphatic carbocycles. The second-order valence-corrected chi connectivity index (χ2v) is 13.7. The Morgan fingerprint density at radius 3 is 2.22 bits per heavy atom. The van der Waals surface area contributed by atoms with Gasteiger partial charge in [0.15, 0.2) is 0 Å². The van der Waals surface area contributed by atoms with E-state index in [-0.39, 0.29) is 60.0 Å². The van der Waals surface area contributed by atoms with Crippen LogP contribution >= 0.6 is 0 Å². The van der Waals surface area contributed by atoms with Crippen molar-refractivity contribution in [3.63, 3.8) is 0 Å². The second-order valence-electron chi connectivity index (χ2n) is 13.7. The molecule has 8 nitrogen and oxygen atoms in total. The number of rotatable bonds is 20. The molecule has 0 bridgehead atoms. The van der Waals surface area contributed by atoms with Crippen LogP contribution in [0.3, 0.4) is 0 Å². The minimum Gasteiger partial charge on any atom is -0.386 e. The van der Waals surface area contributed by atoms with Gasteiger partial charge in [0.25, 0.3) is 0 Å². The summed E-state index contributed by atoms with van der Waals surface area (Å²) in [6, 6.07) is 9.09. The van der Waals surface area contributed by atoms with Crippen LogP contribution in [0.15, 0.2) is 67.2 Å². The Balaban J connectivity index is 2.21. The van der Waals surface area contributed by atoms with E-state index >= 15 is 0 Å². The molecule has 260 valence electrons. The van der Waals surface area contributed by atoms with E-state index in [4.69, 9.17) is 9.47 Å². The molecule has 8 heteroatoms. The molecule has 9 atom stereocenters. The summed E-state index contributed by atoms with van der Waals surface area (Å²) in [5, 5.41) is 17.7. The highest BCUT2D eigenvalue weighted by Crippen LogP contribution is 2.34. The zero-order valence-corrected chi connectivity index (χ0v) is 30.4. The van der Waals surface area contributed by atoms with Crippen molar-refractivity contribution in [1.29, 1.82) is 0 Å². The van der Waals surface area contributed by atoms with Gasteiger partial charge < -0.3 is 35.0 Å². The smallest absolute Gasteiger partial charge is 0.245 e. The maximum absolute atomic E-state index is 13.8. The average molecular weight is 641 g/mol. The average Bonchev–Trinajstić information content (AvgIpc) is 3.52.